The third-order valence-electron chi connectivity index (χ3n) is 7.45. The molecule has 0 spiro atoms. The van der Waals surface area contributed by atoms with Crippen LogP contribution in [0.5, 0.6) is 0 Å². The first kappa shape index (κ1) is 24.5. The van der Waals surface area contributed by atoms with Gasteiger partial charge in [0, 0.05) is 10.9 Å². The minimum Gasteiger partial charge on any atom is -0.481 e. The number of aliphatic carboxylic acids is 1. The van der Waals surface area contributed by atoms with Crippen molar-refractivity contribution in [1.82, 2.24) is 0 Å². The molecule has 6 heteroatoms. The van der Waals surface area contributed by atoms with E-state index in [1.54, 1.807) is 0 Å². The molecule has 1 heterocycles. The summed E-state index contributed by atoms with van der Waals surface area (Å²) >= 11 is 0. The zero-order chi connectivity index (χ0) is 27.0. The van der Waals surface area contributed by atoms with Crippen LogP contribution >= 0.6 is 0 Å². The number of carbonyl (C=O) groups is 2. The summed E-state index contributed by atoms with van der Waals surface area (Å²) in [7, 11) is 0. The van der Waals surface area contributed by atoms with Gasteiger partial charge in [0.1, 0.15) is 11.7 Å². The number of amides is 1. The van der Waals surface area contributed by atoms with E-state index in [9.17, 15) is 14.7 Å². The highest BCUT2D eigenvalue weighted by atomic mass is 16.6. The Hall–Kier alpha value is -4.84. The Balaban J connectivity index is 1.25. The van der Waals surface area contributed by atoms with E-state index in [-0.39, 0.29) is 0 Å². The fraction of sp³-hybridized carbons (Fsp3) is 0.152. The lowest BCUT2D eigenvalue weighted by atomic mass is 9.93. The number of carboxylic acids is 1. The number of benzene rings is 4. The second-order valence-electron chi connectivity index (χ2n) is 9.93. The van der Waals surface area contributed by atoms with Gasteiger partial charge >= 0.3 is 12.1 Å². The van der Waals surface area contributed by atoms with Crippen LogP contribution in [0.15, 0.2) is 108 Å². The number of rotatable bonds is 7. The van der Waals surface area contributed by atoms with Gasteiger partial charge in [0.2, 0.25) is 0 Å². The molecule has 6 nitrogen and oxygen atoms in total. The van der Waals surface area contributed by atoms with E-state index >= 15 is 0 Å². The maximum absolute atomic E-state index is 12.9. The lowest BCUT2D eigenvalue weighted by molar-refractivity contribution is -0.140. The molecule has 1 atom stereocenters. The second-order valence-corrected chi connectivity index (χ2v) is 9.93. The highest BCUT2D eigenvalue weighted by Gasteiger charge is 2.51. The lowest BCUT2D eigenvalue weighted by Crippen LogP contribution is -2.19. The van der Waals surface area contributed by atoms with Gasteiger partial charge in [-0.2, -0.15) is 0 Å². The largest absolute Gasteiger partial charge is 0.481 e. The fourth-order valence-electron chi connectivity index (χ4n) is 5.00. The first-order valence-electron chi connectivity index (χ1n) is 12.9. The van der Waals surface area contributed by atoms with E-state index in [1.165, 1.54) is 0 Å². The summed E-state index contributed by atoms with van der Waals surface area (Å²) in [5, 5.41) is 13.3. The summed E-state index contributed by atoms with van der Waals surface area (Å²) in [5.74, 6) is -0.215. The van der Waals surface area contributed by atoms with Gasteiger partial charge in [0.05, 0.1) is 11.1 Å². The minimum absolute atomic E-state index is 0.413. The van der Waals surface area contributed by atoms with Crippen LogP contribution in [0, 0.1) is 0 Å². The molecule has 1 amide bonds. The number of para-hydroxylation sites is 1. The topological polar surface area (TPSA) is 88.8 Å². The van der Waals surface area contributed by atoms with Crippen LogP contribution in [-0.4, -0.2) is 17.2 Å². The summed E-state index contributed by atoms with van der Waals surface area (Å²) < 4.78 is 11.8. The predicted octanol–water partition coefficient (Wildman–Crippen LogP) is 8.19. The quantitative estimate of drug-likeness (QED) is 0.227. The van der Waals surface area contributed by atoms with Gasteiger partial charge in [0.25, 0.3) is 0 Å². The SMILES string of the molecule is C[C@@H](OC(=O)Nc1c(-c2ccc(-c3ccc(C4(C(=O)O)CC4)cc3)cc2)oc2ccccc12)c1ccccc1. The molecule has 0 saturated heterocycles. The van der Waals surface area contributed by atoms with Crippen LogP contribution in [0.4, 0.5) is 10.5 Å². The molecule has 1 aromatic heterocycles. The molecule has 1 fully saturated rings. The molecule has 6 rings (SSSR count). The van der Waals surface area contributed by atoms with E-state index in [2.05, 4.69) is 5.32 Å². The molecule has 1 aliphatic rings. The Labute approximate surface area is 225 Å². The maximum atomic E-state index is 12.9. The molecule has 0 aliphatic heterocycles. The standard InChI is InChI=1S/C33H27NO5/c1-21(22-7-3-2-4-8-22)38-32(37)34-29-27-9-5-6-10-28(27)39-30(29)25-13-11-23(12-14-25)24-15-17-26(18-16-24)33(19-20-33)31(35)36/h2-18,21H,19-20H2,1H3,(H,34,37)(H,35,36)/t21-/m1/s1. The average Bonchev–Trinajstić information content (AvgIpc) is 3.71. The number of furan rings is 1. The Bertz CT molecular complexity index is 1650. The molecular formula is C33H27NO5. The van der Waals surface area contributed by atoms with E-state index in [4.69, 9.17) is 9.15 Å². The van der Waals surface area contributed by atoms with E-state index in [1.807, 2.05) is 110 Å². The van der Waals surface area contributed by atoms with Crippen molar-refractivity contribution >= 4 is 28.7 Å². The molecule has 1 saturated carbocycles. The van der Waals surface area contributed by atoms with Gasteiger partial charge in [-0.25, -0.2) is 4.79 Å². The van der Waals surface area contributed by atoms with Crippen molar-refractivity contribution in [2.45, 2.75) is 31.3 Å². The number of anilines is 1. The van der Waals surface area contributed by atoms with Crippen molar-refractivity contribution < 1.29 is 23.8 Å². The smallest absolute Gasteiger partial charge is 0.412 e. The molecule has 5 aromatic rings. The normalized spacial score (nSPS) is 14.5. The van der Waals surface area contributed by atoms with Crippen LogP contribution in [0.1, 0.15) is 37.0 Å². The lowest BCUT2D eigenvalue weighted by Gasteiger charge is -2.14. The average molecular weight is 518 g/mol. The van der Waals surface area contributed by atoms with Crippen molar-refractivity contribution in [2.75, 3.05) is 5.32 Å². The van der Waals surface area contributed by atoms with Crippen LogP contribution in [-0.2, 0) is 14.9 Å². The van der Waals surface area contributed by atoms with E-state index < -0.39 is 23.6 Å². The van der Waals surface area contributed by atoms with Crippen LogP contribution in [0.25, 0.3) is 33.4 Å². The Morgan fingerprint density at radius 3 is 2.05 bits per heavy atom. The molecule has 0 unspecified atom stereocenters. The third kappa shape index (κ3) is 4.66. The minimum atomic E-state index is -0.756. The van der Waals surface area contributed by atoms with Crippen molar-refractivity contribution in [2.24, 2.45) is 0 Å². The van der Waals surface area contributed by atoms with Crippen molar-refractivity contribution in [3.63, 3.8) is 0 Å². The molecule has 4 aromatic carbocycles. The van der Waals surface area contributed by atoms with E-state index in [0.29, 0.717) is 29.9 Å². The van der Waals surface area contributed by atoms with E-state index in [0.717, 1.165) is 33.2 Å². The summed E-state index contributed by atoms with van der Waals surface area (Å²) in [5.41, 5.74) is 5.04. The van der Waals surface area contributed by atoms with Gasteiger partial charge in [-0.1, -0.05) is 91.0 Å². The monoisotopic (exact) mass is 517 g/mol. The maximum Gasteiger partial charge on any atom is 0.412 e. The predicted molar refractivity (Wildman–Crippen MR) is 151 cm³/mol. The highest BCUT2D eigenvalue weighted by molar-refractivity contribution is 6.05. The molecule has 194 valence electrons. The number of fused-ring (bicyclic) bond motifs is 1. The van der Waals surface area contributed by atoms with Crippen molar-refractivity contribution in [3.05, 3.63) is 114 Å². The number of carbonyl (C=O) groups excluding carboxylic acids is 1. The van der Waals surface area contributed by atoms with Crippen LogP contribution < -0.4 is 5.32 Å². The number of carboxylic acid groups (broad SMARTS) is 1. The Morgan fingerprint density at radius 2 is 1.41 bits per heavy atom. The number of hydrogen-bond donors (Lipinski definition) is 2. The van der Waals surface area contributed by atoms with Crippen molar-refractivity contribution in [1.29, 1.82) is 0 Å². The zero-order valence-electron chi connectivity index (χ0n) is 21.4. The second kappa shape index (κ2) is 9.80. The Kier molecular flexibility index (Phi) is 6.15. The molecule has 39 heavy (non-hydrogen) atoms. The molecule has 0 bridgehead atoms. The number of hydrogen-bond acceptors (Lipinski definition) is 4. The number of nitrogens with one attached hydrogen (secondary N) is 1. The van der Waals surface area contributed by atoms with Gasteiger partial charge in [-0.3, -0.25) is 10.1 Å². The summed E-state index contributed by atoms with van der Waals surface area (Å²) in [6, 6.07) is 32.7. The summed E-state index contributed by atoms with van der Waals surface area (Å²) in [6.45, 7) is 1.83. The first-order chi connectivity index (χ1) is 18.9. The van der Waals surface area contributed by atoms with Gasteiger partial charge < -0.3 is 14.3 Å². The molecule has 2 N–H and O–H groups in total. The molecular weight excluding hydrogens is 490 g/mol. The Morgan fingerprint density at radius 1 is 0.821 bits per heavy atom. The van der Waals surface area contributed by atoms with Crippen molar-refractivity contribution in [3.8, 4) is 22.5 Å². The van der Waals surface area contributed by atoms with Gasteiger partial charge in [0.15, 0.2) is 5.76 Å². The van der Waals surface area contributed by atoms with Gasteiger partial charge in [-0.05, 0) is 54.2 Å². The first-order valence-corrected chi connectivity index (χ1v) is 12.9. The van der Waals surface area contributed by atoms with Gasteiger partial charge in [-0.15, -0.1) is 0 Å². The third-order valence-corrected chi connectivity index (χ3v) is 7.45. The van der Waals surface area contributed by atoms with Crippen LogP contribution in [0.2, 0.25) is 0 Å². The highest BCUT2D eigenvalue weighted by Crippen LogP contribution is 2.48. The fourth-order valence-corrected chi connectivity index (χ4v) is 5.00. The number of ether oxygens (including phenoxy) is 1. The molecule has 0 radical (unpaired) electrons. The summed E-state index contributed by atoms with van der Waals surface area (Å²) in [4.78, 5) is 24.5. The molecule has 1 aliphatic carbocycles. The van der Waals surface area contributed by atoms with Crippen LogP contribution in [0.3, 0.4) is 0 Å². The zero-order valence-corrected chi connectivity index (χ0v) is 21.4. The summed E-state index contributed by atoms with van der Waals surface area (Å²) in [6.07, 6.45) is 0.390.